The van der Waals surface area contributed by atoms with Crippen molar-refractivity contribution >= 4 is 0 Å². The molecule has 1 saturated heterocycles. The lowest BCUT2D eigenvalue weighted by Gasteiger charge is -2.28. The predicted molar refractivity (Wildman–Crippen MR) is 72.7 cm³/mol. The van der Waals surface area contributed by atoms with Crippen molar-refractivity contribution in [3.8, 4) is 11.5 Å². The van der Waals surface area contributed by atoms with Crippen molar-refractivity contribution in [2.75, 3.05) is 26.4 Å². The molecular formula is C15H22O4. The highest BCUT2D eigenvalue weighted by molar-refractivity contribution is 5.43. The smallest absolute Gasteiger partial charge is 0.198 e. The van der Waals surface area contributed by atoms with Gasteiger partial charge < -0.3 is 18.9 Å². The van der Waals surface area contributed by atoms with E-state index in [1.165, 1.54) is 0 Å². The summed E-state index contributed by atoms with van der Waals surface area (Å²) in [5.74, 6) is 0.917. The van der Waals surface area contributed by atoms with Crippen LogP contribution in [0, 0.1) is 0 Å². The zero-order valence-corrected chi connectivity index (χ0v) is 11.9. The number of hydrogen-bond acceptors (Lipinski definition) is 4. The Morgan fingerprint density at radius 2 is 1.74 bits per heavy atom. The molecule has 0 amide bonds. The largest absolute Gasteiger partial charge is 0.494 e. The number of rotatable bonds is 6. The molecule has 1 aromatic rings. The summed E-state index contributed by atoms with van der Waals surface area (Å²) in [6.45, 7) is 8.45. The Kier molecular flexibility index (Phi) is 4.66. The van der Waals surface area contributed by atoms with Gasteiger partial charge in [-0.05, 0) is 32.0 Å². The van der Waals surface area contributed by atoms with Crippen molar-refractivity contribution in [3.63, 3.8) is 0 Å². The van der Waals surface area contributed by atoms with Gasteiger partial charge in [0, 0.05) is 6.42 Å². The van der Waals surface area contributed by atoms with E-state index >= 15 is 0 Å². The molecule has 106 valence electrons. The van der Waals surface area contributed by atoms with E-state index in [9.17, 15) is 0 Å². The highest BCUT2D eigenvalue weighted by Crippen LogP contribution is 2.41. The van der Waals surface area contributed by atoms with Crippen LogP contribution >= 0.6 is 0 Å². The van der Waals surface area contributed by atoms with E-state index in [0.29, 0.717) is 26.4 Å². The fraction of sp³-hybridized carbons (Fsp3) is 0.600. The highest BCUT2D eigenvalue weighted by atomic mass is 16.7. The van der Waals surface area contributed by atoms with Gasteiger partial charge in [0.15, 0.2) is 5.79 Å². The monoisotopic (exact) mass is 266 g/mol. The molecule has 1 aromatic carbocycles. The van der Waals surface area contributed by atoms with Crippen LogP contribution in [-0.2, 0) is 15.3 Å². The third kappa shape index (κ3) is 2.85. The van der Waals surface area contributed by atoms with Crippen molar-refractivity contribution < 1.29 is 18.9 Å². The molecule has 0 radical (unpaired) electrons. The second-order valence-electron chi connectivity index (χ2n) is 4.33. The van der Waals surface area contributed by atoms with Crippen LogP contribution in [0.2, 0.25) is 0 Å². The standard InChI is InChI=1S/C15H22O4/c1-4-15(18-9-10-19-15)13-11-12(16-5-2)7-8-14(13)17-6-3/h7-8,11H,4-6,9-10H2,1-3H3. The summed E-state index contributed by atoms with van der Waals surface area (Å²) in [5.41, 5.74) is 0.917. The third-order valence-corrected chi connectivity index (χ3v) is 3.19. The first-order chi connectivity index (χ1) is 9.25. The lowest BCUT2D eigenvalue weighted by Crippen LogP contribution is -2.27. The maximum Gasteiger partial charge on any atom is 0.198 e. The Morgan fingerprint density at radius 3 is 2.32 bits per heavy atom. The molecule has 0 aromatic heterocycles. The predicted octanol–water partition coefficient (Wildman–Crippen LogP) is 3.09. The summed E-state index contributed by atoms with van der Waals surface area (Å²) in [5, 5.41) is 0. The molecule has 4 nitrogen and oxygen atoms in total. The van der Waals surface area contributed by atoms with E-state index in [0.717, 1.165) is 23.5 Å². The summed E-state index contributed by atoms with van der Waals surface area (Å²) < 4.78 is 22.9. The van der Waals surface area contributed by atoms with E-state index in [2.05, 4.69) is 0 Å². The van der Waals surface area contributed by atoms with Gasteiger partial charge >= 0.3 is 0 Å². The highest BCUT2D eigenvalue weighted by Gasteiger charge is 2.39. The minimum Gasteiger partial charge on any atom is -0.494 e. The third-order valence-electron chi connectivity index (χ3n) is 3.19. The summed E-state index contributed by atoms with van der Waals surface area (Å²) in [6, 6.07) is 5.80. The molecule has 0 saturated carbocycles. The van der Waals surface area contributed by atoms with Gasteiger partial charge in [-0.1, -0.05) is 6.92 Å². The summed E-state index contributed by atoms with van der Waals surface area (Å²) in [7, 11) is 0. The number of benzene rings is 1. The van der Waals surface area contributed by atoms with Crippen molar-refractivity contribution in [3.05, 3.63) is 23.8 Å². The van der Waals surface area contributed by atoms with Crippen LogP contribution in [0.5, 0.6) is 11.5 Å². The van der Waals surface area contributed by atoms with Crippen molar-refractivity contribution in [1.29, 1.82) is 0 Å². The van der Waals surface area contributed by atoms with Crippen LogP contribution < -0.4 is 9.47 Å². The minimum atomic E-state index is -0.697. The minimum absolute atomic E-state index is 0.609. The molecule has 0 aliphatic carbocycles. The maximum absolute atomic E-state index is 5.84. The van der Waals surface area contributed by atoms with Gasteiger partial charge in [-0.15, -0.1) is 0 Å². The molecule has 19 heavy (non-hydrogen) atoms. The molecule has 1 aliphatic heterocycles. The maximum atomic E-state index is 5.84. The van der Waals surface area contributed by atoms with Crippen LogP contribution in [0.1, 0.15) is 32.8 Å². The van der Waals surface area contributed by atoms with Gasteiger partial charge in [-0.2, -0.15) is 0 Å². The Balaban J connectivity index is 2.41. The Morgan fingerprint density at radius 1 is 1.05 bits per heavy atom. The molecule has 0 atom stereocenters. The van der Waals surface area contributed by atoms with Gasteiger partial charge in [0.2, 0.25) is 0 Å². The summed E-state index contributed by atoms with van der Waals surface area (Å²) >= 11 is 0. The van der Waals surface area contributed by atoms with Gasteiger partial charge in [0.25, 0.3) is 0 Å². The zero-order valence-electron chi connectivity index (χ0n) is 11.9. The lowest BCUT2D eigenvalue weighted by molar-refractivity contribution is -0.168. The second kappa shape index (κ2) is 6.26. The number of ether oxygens (including phenoxy) is 4. The molecule has 4 heteroatoms. The molecule has 1 heterocycles. The zero-order chi connectivity index (χ0) is 13.7. The Labute approximate surface area is 114 Å². The topological polar surface area (TPSA) is 36.9 Å². The van der Waals surface area contributed by atoms with E-state index < -0.39 is 5.79 Å². The van der Waals surface area contributed by atoms with Crippen molar-refractivity contribution in [2.24, 2.45) is 0 Å². The van der Waals surface area contributed by atoms with Crippen molar-refractivity contribution in [1.82, 2.24) is 0 Å². The van der Waals surface area contributed by atoms with Gasteiger partial charge in [-0.25, -0.2) is 0 Å². The molecule has 0 N–H and O–H groups in total. The van der Waals surface area contributed by atoms with Crippen molar-refractivity contribution in [2.45, 2.75) is 33.0 Å². The molecule has 0 spiro atoms. The van der Waals surface area contributed by atoms with Crippen LogP contribution in [0.3, 0.4) is 0 Å². The summed E-state index contributed by atoms with van der Waals surface area (Å²) in [6.07, 6.45) is 0.739. The van der Waals surface area contributed by atoms with E-state index in [1.807, 2.05) is 39.0 Å². The number of hydrogen-bond donors (Lipinski definition) is 0. The first kappa shape index (κ1) is 14.2. The molecule has 0 bridgehead atoms. The molecule has 1 fully saturated rings. The SMILES string of the molecule is CCOc1ccc(OCC)c(C2(CC)OCCO2)c1. The molecule has 1 aliphatic rings. The molecule has 2 rings (SSSR count). The average Bonchev–Trinajstić information content (AvgIpc) is 2.91. The normalized spacial score (nSPS) is 17.4. The van der Waals surface area contributed by atoms with Crippen LogP contribution in [0.15, 0.2) is 18.2 Å². The van der Waals surface area contributed by atoms with Gasteiger partial charge in [0.1, 0.15) is 11.5 Å². The fourth-order valence-corrected chi connectivity index (χ4v) is 2.35. The molecule has 0 unspecified atom stereocenters. The summed E-state index contributed by atoms with van der Waals surface area (Å²) in [4.78, 5) is 0. The van der Waals surface area contributed by atoms with Crippen LogP contribution in [0.4, 0.5) is 0 Å². The first-order valence-corrected chi connectivity index (χ1v) is 6.93. The fourth-order valence-electron chi connectivity index (χ4n) is 2.35. The Hall–Kier alpha value is -1.26. The van der Waals surface area contributed by atoms with E-state index in [1.54, 1.807) is 0 Å². The molecular weight excluding hydrogens is 244 g/mol. The first-order valence-electron chi connectivity index (χ1n) is 6.93. The lowest BCUT2D eigenvalue weighted by atomic mass is 10.0. The Bertz CT molecular complexity index is 411. The second-order valence-corrected chi connectivity index (χ2v) is 4.33. The average molecular weight is 266 g/mol. The van der Waals surface area contributed by atoms with Gasteiger partial charge in [0.05, 0.1) is 32.0 Å². The quantitative estimate of drug-likeness (QED) is 0.793. The van der Waals surface area contributed by atoms with E-state index in [4.69, 9.17) is 18.9 Å². The van der Waals surface area contributed by atoms with Crippen LogP contribution in [0.25, 0.3) is 0 Å². The van der Waals surface area contributed by atoms with E-state index in [-0.39, 0.29) is 0 Å². The van der Waals surface area contributed by atoms with Gasteiger partial charge in [-0.3, -0.25) is 0 Å². The van der Waals surface area contributed by atoms with Crippen LogP contribution in [-0.4, -0.2) is 26.4 Å².